The van der Waals surface area contributed by atoms with E-state index in [4.69, 9.17) is 5.11 Å². The number of benzene rings is 2. The summed E-state index contributed by atoms with van der Waals surface area (Å²) in [6.07, 6.45) is -1.73. The van der Waals surface area contributed by atoms with Crippen LogP contribution in [0.15, 0.2) is 54.6 Å². The molecule has 2 aromatic carbocycles. The number of rotatable bonds is 5. The quantitative estimate of drug-likeness (QED) is 0.770. The molecule has 0 saturated carbocycles. The van der Waals surface area contributed by atoms with Gasteiger partial charge in [0.15, 0.2) is 0 Å². The summed E-state index contributed by atoms with van der Waals surface area (Å²) in [4.78, 5) is 0. The lowest BCUT2D eigenvalue weighted by Crippen LogP contribution is -2.19. The molecule has 0 amide bonds. The second-order valence-electron chi connectivity index (χ2n) is 4.51. The molecule has 0 aliphatic rings. The van der Waals surface area contributed by atoms with Gasteiger partial charge in [0, 0.05) is 6.61 Å². The standard InChI is InChI=1S/C16H18O3/c17-11-10-15(18)16(19)14-8-6-13(7-9-14)12-4-2-1-3-5-12/h1-9,15-19H,10-11H2. The van der Waals surface area contributed by atoms with Crippen molar-refractivity contribution in [3.05, 3.63) is 60.2 Å². The van der Waals surface area contributed by atoms with E-state index in [2.05, 4.69) is 0 Å². The molecule has 2 aromatic rings. The molecule has 0 heterocycles. The molecular formula is C16H18O3. The van der Waals surface area contributed by atoms with Crippen molar-refractivity contribution in [1.82, 2.24) is 0 Å². The average molecular weight is 258 g/mol. The van der Waals surface area contributed by atoms with Crippen molar-refractivity contribution < 1.29 is 15.3 Å². The van der Waals surface area contributed by atoms with Crippen molar-refractivity contribution in [3.63, 3.8) is 0 Å². The number of aliphatic hydroxyl groups is 3. The smallest absolute Gasteiger partial charge is 0.105 e. The van der Waals surface area contributed by atoms with Gasteiger partial charge in [-0.05, 0) is 23.1 Å². The second-order valence-corrected chi connectivity index (χ2v) is 4.51. The molecule has 3 heteroatoms. The molecule has 3 N–H and O–H groups in total. The first-order valence-corrected chi connectivity index (χ1v) is 6.34. The molecule has 0 spiro atoms. The van der Waals surface area contributed by atoms with E-state index < -0.39 is 12.2 Å². The lowest BCUT2D eigenvalue weighted by molar-refractivity contribution is 0.00422. The molecule has 100 valence electrons. The van der Waals surface area contributed by atoms with Crippen LogP contribution in [0.25, 0.3) is 11.1 Å². The Bertz CT molecular complexity index is 493. The van der Waals surface area contributed by atoms with E-state index in [9.17, 15) is 10.2 Å². The summed E-state index contributed by atoms with van der Waals surface area (Å²) in [5, 5.41) is 28.3. The van der Waals surface area contributed by atoms with Crippen molar-refractivity contribution in [2.24, 2.45) is 0 Å². The van der Waals surface area contributed by atoms with Crippen molar-refractivity contribution in [2.75, 3.05) is 6.61 Å². The highest BCUT2D eigenvalue weighted by Gasteiger charge is 2.17. The SMILES string of the molecule is OCCC(O)C(O)c1ccc(-c2ccccc2)cc1. The van der Waals surface area contributed by atoms with Gasteiger partial charge in [-0.25, -0.2) is 0 Å². The third-order valence-electron chi connectivity index (χ3n) is 3.15. The first kappa shape index (κ1) is 13.7. The summed E-state index contributed by atoms with van der Waals surface area (Å²) < 4.78 is 0. The van der Waals surface area contributed by atoms with Gasteiger partial charge in [0.2, 0.25) is 0 Å². The predicted molar refractivity (Wildman–Crippen MR) is 74.5 cm³/mol. The molecule has 0 bridgehead atoms. The molecule has 2 atom stereocenters. The van der Waals surface area contributed by atoms with E-state index in [-0.39, 0.29) is 13.0 Å². The van der Waals surface area contributed by atoms with Crippen molar-refractivity contribution >= 4 is 0 Å². The minimum absolute atomic E-state index is 0.139. The van der Waals surface area contributed by atoms with Crippen LogP contribution in [0.4, 0.5) is 0 Å². The Morgan fingerprint density at radius 3 is 1.95 bits per heavy atom. The Kier molecular flexibility index (Phi) is 4.68. The number of hydrogen-bond donors (Lipinski definition) is 3. The van der Waals surface area contributed by atoms with E-state index in [0.29, 0.717) is 5.56 Å². The minimum Gasteiger partial charge on any atom is -0.396 e. The lowest BCUT2D eigenvalue weighted by atomic mass is 9.99. The van der Waals surface area contributed by atoms with E-state index >= 15 is 0 Å². The molecule has 3 nitrogen and oxygen atoms in total. The lowest BCUT2D eigenvalue weighted by Gasteiger charge is -2.17. The van der Waals surface area contributed by atoms with Crippen LogP contribution in [0.3, 0.4) is 0 Å². The third kappa shape index (κ3) is 3.41. The first-order valence-electron chi connectivity index (χ1n) is 6.34. The summed E-state index contributed by atoms with van der Waals surface area (Å²) >= 11 is 0. The zero-order valence-electron chi connectivity index (χ0n) is 10.6. The molecule has 2 unspecified atom stereocenters. The van der Waals surface area contributed by atoms with Gasteiger partial charge in [0.25, 0.3) is 0 Å². The third-order valence-corrected chi connectivity index (χ3v) is 3.15. The normalized spacial score (nSPS) is 14.1. The average Bonchev–Trinajstić information content (AvgIpc) is 2.48. The Labute approximate surface area is 112 Å². The molecule has 2 rings (SSSR count). The number of aliphatic hydroxyl groups excluding tert-OH is 3. The molecule has 19 heavy (non-hydrogen) atoms. The molecule has 0 saturated heterocycles. The monoisotopic (exact) mass is 258 g/mol. The van der Waals surface area contributed by atoms with Crippen molar-refractivity contribution in [2.45, 2.75) is 18.6 Å². The Hall–Kier alpha value is -1.68. The fourth-order valence-corrected chi connectivity index (χ4v) is 2.02. The summed E-state index contributed by atoms with van der Waals surface area (Å²) in [5.74, 6) is 0. The largest absolute Gasteiger partial charge is 0.396 e. The highest BCUT2D eigenvalue weighted by molar-refractivity contribution is 5.63. The van der Waals surface area contributed by atoms with Crippen LogP contribution in [-0.4, -0.2) is 28.0 Å². The molecule has 0 fully saturated rings. The van der Waals surface area contributed by atoms with Gasteiger partial charge in [-0.2, -0.15) is 0 Å². The fourth-order valence-electron chi connectivity index (χ4n) is 2.02. The highest BCUT2D eigenvalue weighted by atomic mass is 16.3. The Balaban J connectivity index is 2.15. The van der Waals surface area contributed by atoms with E-state index in [1.54, 1.807) is 12.1 Å². The van der Waals surface area contributed by atoms with Crippen LogP contribution < -0.4 is 0 Å². The van der Waals surface area contributed by atoms with Gasteiger partial charge in [-0.1, -0.05) is 54.6 Å². The summed E-state index contributed by atoms with van der Waals surface area (Å²) in [7, 11) is 0. The second kappa shape index (κ2) is 6.48. The first-order chi connectivity index (χ1) is 9.22. The van der Waals surface area contributed by atoms with Crippen molar-refractivity contribution in [1.29, 1.82) is 0 Å². The van der Waals surface area contributed by atoms with E-state index in [1.165, 1.54) is 0 Å². The Morgan fingerprint density at radius 1 is 0.789 bits per heavy atom. The van der Waals surface area contributed by atoms with Crippen LogP contribution >= 0.6 is 0 Å². The van der Waals surface area contributed by atoms with Gasteiger partial charge in [-0.3, -0.25) is 0 Å². The molecule has 0 radical (unpaired) electrons. The van der Waals surface area contributed by atoms with Gasteiger partial charge >= 0.3 is 0 Å². The van der Waals surface area contributed by atoms with Crippen LogP contribution in [0.1, 0.15) is 18.1 Å². The maximum absolute atomic E-state index is 9.92. The van der Waals surface area contributed by atoms with Gasteiger partial charge in [0.05, 0.1) is 6.10 Å². The van der Waals surface area contributed by atoms with E-state index in [1.807, 2.05) is 42.5 Å². The molecule has 0 aliphatic carbocycles. The molecule has 0 aromatic heterocycles. The zero-order chi connectivity index (χ0) is 13.7. The molecule has 0 aliphatic heterocycles. The van der Waals surface area contributed by atoms with E-state index in [0.717, 1.165) is 11.1 Å². The topological polar surface area (TPSA) is 60.7 Å². The summed E-state index contributed by atoms with van der Waals surface area (Å²) in [5.41, 5.74) is 2.83. The Morgan fingerprint density at radius 2 is 1.37 bits per heavy atom. The summed E-state index contributed by atoms with van der Waals surface area (Å²) in [6.45, 7) is -0.139. The summed E-state index contributed by atoms with van der Waals surface area (Å²) in [6, 6.07) is 17.4. The molecular weight excluding hydrogens is 240 g/mol. The maximum Gasteiger partial charge on any atom is 0.105 e. The minimum atomic E-state index is -0.961. The van der Waals surface area contributed by atoms with Gasteiger partial charge < -0.3 is 15.3 Å². The fraction of sp³-hybridized carbons (Fsp3) is 0.250. The van der Waals surface area contributed by atoms with Gasteiger partial charge in [-0.15, -0.1) is 0 Å². The van der Waals surface area contributed by atoms with Gasteiger partial charge in [0.1, 0.15) is 6.10 Å². The maximum atomic E-state index is 9.92. The van der Waals surface area contributed by atoms with Crippen LogP contribution in [0.5, 0.6) is 0 Å². The van der Waals surface area contributed by atoms with Crippen LogP contribution in [0.2, 0.25) is 0 Å². The zero-order valence-corrected chi connectivity index (χ0v) is 10.6. The number of hydrogen-bond acceptors (Lipinski definition) is 3. The highest BCUT2D eigenvalue weighted by Crippen LogP contribution is 2.24. The predicted octanol–water partition coefficient (Wildman–Crippen LogP) is 2.13. The van der Waals surface area contributed by atoms with Crippen molar-refractivity contribution in [3.8, 4) is 11.1 Å². The van der Waals surface area contributed by atoms with Crippen LogP contribution in [-0.2, 0) is 0 Å². The van der Waals surface area contributed by atoms with Crippen LogP contribution in [0, 0.1) is 0 Å².